The van der Waals surface area contributed by atoms with Crippen molar-refractivity contribution < 1.29 is 24.5 Å². The number of carbonyl (C=O) groups is 1. The van der Waals surface area contributed by atoms with Crippen molar-refractivity contribution >= 4 is 5.97 Å². The number of carboxylic acids is 1. The lowest BCUT2D eigenvalue weighted by Crippen LogP contribution is -2.31. The van der Waals surface area contributed by atoms with Crippen molar-refractivity contribution in [1.29, 1.82) is 0 Å². The van der Waals surface area contributed by atoms with Crippen molar-refractivity contribution in [3.8, 4) is 11.5 Å². The normalized spacial score (nSPS) is 19.1. The van der Waals surface area contributed by atoms with Crippen LogP contribution in [0.15, 0.2) is 12.1 Å². The topological polar surface area (TPSA) is 76.0 Å². The Balaban J connectivity index is 2.47. The number of hydrogen-bond acceptors (Lipinski definition) is 4. The average molecular weight is 280 g/mol. The fourth-order valence-electron chi connectivity index (χ4n) is 2.35. The number of ether oxygens (including phenoxy) is 2. The van der Waals surface area contributed by atoms with Crippen LogP contribution in [-0.4, -0.2) is 29.4 Å². The molecule has 0 bridgehead atoms. The molecule has 0 fully saturated rings. The third-order valence-electron chi connectivity index (χ3n) is 3.78. The summed E-state index contributed by atoms with van der Waals surface area (Å²) in [6.07, 6.45) is -0.320. The predicted octanol–water partition coefficient (Wildman–Crippen LogP) is 2.16. The summed E-state index contributed by atoms with van der Waals surface area (Å²) in [6.45, 7) is 4.93. The summed E-state index contributed by atoms with van der Waals surface area (Å²) in [4.78, 5) is 11.3. The minimum absolute atomic E-state index is 0.0783. The fraction of sp³-hybridized carbons (Fsp3) is 0.533. The number of aliphatic hydroxyl groups excluding tert-OH is 1. The van der Waals surface area contributed by atoms with E-state index in [1.807, 2.05) is 13.0 Å². The summed E-state index contributed by atoms with van der Waals surface area (Å²) in [5, 5.41) is 19.7. The van der Waals surface area contributed by atoms with Gasteiger partial charge in [0.15, 0.2) is 0 Å². The summed E-state index contributed by atoms with van der Waals surface area (Å²) in [6, 6.07) is 3.50. The Morgan fingerprint density at radius 2 is 2.15 bits per heavy atom. The lowest BCUT2D eigenvalue weighted by atomic mass is 9.82. The third kappa shape index (κ3) is 2.33. The molecule has 0 radical (unpaired) electrons. The summed E-state index contributed by atoms with van der Waals surface area (Å²) in [7, 11) is 1.50. The van der Waals surface area contributed by atoms with Crippen LogP contribution in [0.2, 0.25) is 0 Å². The molecule has 1 aliphatic rings. The van der Waals surface area contributed by atoms with Crippen LogP contribution in [0.1, 0.15) is 38.0 Å². The number of aliphatic carboxylic acids is 1. The maximum absolute atomic E-state index is 11.3. The van der Waals surface area contributed by atoms with Gasteiger partial charge in [0.25, 0.3) is 0 Å². The Labute approximate surface area is 118 Å². The van der Waals surface area contributed by atoms with E-state index in [0.29, 0.717) is 17.1 Å². The highest BCUT2D eigenvalue weighted by molar-refractivity contribution is 5.75. The van der Waals surface area contributed by atoms with E-state index in [1.165, 1.54) is 21.0 Å². The van der Waals surface area contributed by atoms with Gasteiger partial charge >= 0.3 is 5.97 Å². The van der Waals surface area contributed by atoms with Crippen molar-refractivity contribution in [3.05, 3.63) is 23.3 Å². The van der Waals surface area contributed by atoms with Gasteiger partial charge in [0.2, 0.25) is 0 Å². The van der Waals surface area contributed by atoms with Crippen molar-refractivity contribution in [3.63, 3.8) is 0 Å². The largest absolute Gasteiger partial charge is 0.496 e. The second-order valence-corrected chi connectivity index (χ2v) is 5.76. The molecule has 1 heterocycles. The Kier molecular flexibility index (Phi) is 3.65. The molecule has 110 valence electrons. The Bertz CT molecular complexity index is 535. The van der Waals surface area contributed by atoms with Crippen LogP contribution in [-0.2, 0) is 11.2 Å². The Hall–Kier alpha value is -1.75. The van der Waals surface area contributed by atoms with Crippen molar-refractivity contribution in [2.45, 2.75) is 39.4 Å². The minimum Gasteiger partial charge on any atom is -0.496 e. The molecule has 5 nitrogen and oxygen atoms in total. The van der Waals surface area contributed by atoms with Gasteiger partial charge in [-0.3, -0.25) is 4.79 Å². The van der Waals surface area contributed by atoms with E-state index in [9.17, 15) is 15.0 Å². The fourth-order valence-corrected chi connectivity index (χ4v) is 2.35. The van der Waals surface area contributed by atoms with Crippen LogP contribution in [0.3, 0.4) is 0 Å². The van der Waals surface area contributed by atoms with Crippen molar-refractivity contribution in [2.75, 3.05) is 7.11 Å². The van der Waals surface area contributed by atoms with Gasteiger partial charge in [0.1, 0.15) is 17.6 Å². The lowest BCUT2D eigenvalue weighted by Gasteiger charge is -2.27. The standard InChI is InChI=1S/C15H20O5/c1-8-5-9-6-12(19-4)10(7-11(9)20-8)13(16)15(2,3)14(17)18/h6-8,13,16H,5H2,1-4H3,(H,17,18). The molecule has 2 N–H and O–H groups in total. The van der Waals surface area contributed by atoms with Gasteiger partial charge in [-0.25, -0.2) is 0 Å². The molecule has 0 saturated heterocycles. The molecule has 0 amide bonds. The molecule has 0 aliphatic carbocycles. The van der Waals surface area contributed by atoms with E-state index in [2.05, 4.69) is 0 Å². The first kappa shape index (κ1) is 14.7. The number of methoxy groups -OCH3 is 1. The van der Waals surface area contributed by atoms with Gasteiger partial charge in [-0.2, -0.15) is 0 Å². The molecule has 1 aromatic carbocycles. The smallest absolute Gasteiger partial charge is 0.312 e. The SMILES string of the molecule is COc1cc2c(cc1C(O)C(C)(C)C(=O)O)OC(C)C2. The van der Waals surface area contributed by atoms with Gasteiger partial charge in [-0.15, -0.1) is 0 Å². The van der Waals surface area contributed by atoms with Gasteiger partial charge in [-0.1, -0.05) is 0 Å². The Morgan fingerprint density at radius 1 is 1.50 bits per heavy atom. The zero-order chi connectivity index (χ0) is 15.1. The number of carboxylic acid groups (broad SMARTS) is 1. The summed E-state index contributed by atoms with van der Waals surface area (Å²) in [5.41, 5.74) is 0.136. The highest BCUT2D eigenvalue weighted by Gasteiger charge is 2.39. The van der Waals surface area contributed by atoms with E-state index in [-0.39, 0.29) is 6.10 Å². The van der Waals surface area contributed by atoms with E-state index in [4.69, 9.17) is 9.47 Å². The number of hydrogen-bond donors (Lipinski definition) is 2. The Morgan fingerprint density at radius 3 is 2.70 bits per heavy atom. The first-order chi connectivity index (χ1) is 9.27. The highest BCUT2D eigenvalue weighted by Crippen LogP contribution is 2.42. The summed E-state index contributed by atoms with van der Waals surface area (Å²) in [5.74, 6) is 0.110. The predicted molar refractivity (Wildman–Crippen MR) is 73.2 cm³/mol. The summed E-state index contributed by atoms with van der Waals surface area (Å²) < 4.78 is 10.9. The second-order valence-electron chi connectivity index (χ2n) is 5.76. The number of aliphatic hydroxyl groups is 1. The third-order valence-corrected chi connectivity index (χ3v) is 3.78. The van der Waals surface area contributed by atoms with Crippen molar-refractivity contribution in [2.24, 2.45) is 5.41 Å². The van der Waals surface area contributed by atoms with Crippen LogP contribution < -0.4 is 9.47 Å². The number of benzene rings is 1. The molecule has 0 spiro atoms. The molecule has 2 atom stereocenters. The highest BCUT2D eigenvalue weighted by atomic mass is 16.5. The zero-order valence-electron chi connectivity index (χ0n) is 12.1. The monoisotopic (exact) mass is 280 g/mol. The first-order valence-electron chi connectivity index (χ1n) is 6.56. The maximum atomic E-state index is 11.3. The number of rotatable bonds is 4. The van der Waals surface area contributed by atoms with Gasteiger partial charge in [0, 0.05) is 17.5 Å². The molecular weight excluding hydrogens is 260 g/mol. The van der Waals surface area contributed by atoms with Gasteiger partial charge < -0.3 is 19.7 Å². The van der Waals surface area contributed by atoms with Gasteiger partial charge in [-0.05, 0) is 32.9 Å². The molecule has 2 rings (SSSR count). The van der Waals surface area contributed by atoms with Crippen LogP contribution in [0.5, 0.6) is 11.5 Å². The van der Waals surface area contributed by atoms with Gasteiger partial charge in [0.05, 0.1) is 18.6 Å². The molecule has 5 heteroatoms. The molecule has 20 heavy (non-hydrogen) atoms. The number of fused-ring (bicyclic) bond motifs is 1. The van der Waals surface area contributed by atoms with Crippen molar-refractivity contribution in [1.82, 2.24) is 0 Å². The van der Waals surface area contributed by atoms with E-state index < -0.39 is 17.5 Å². The molecule has 1 aliphatic heterocycles. The first-order valence-corrected chi connectivity index (χ1v) is 6.56. The van der Waals surface area contributed by atoms with Crippen LogP contribution in [0.4, 0.5) is 0 Å². The molecule has 0 aromatic heterocycles. The minimum atomic E-state index is -1.31. The van der Waals surface area contributed by atoms with E-state index in [0.717, 1.165) is 12.0 Å². The maximum Gasteiger partial charge on any atom is 0.312 e. The zero-order valence-corrected chi connectivity index (χ0v) is 12.1. The lowest BCUT2D eigenvalue weighted by molar-refractivity contribution is -0.153. The molecule has 0 saturated carbocycles. The summed E-state index contributed by atoms with van der Waals surface area (Å²) >= 11 is 0. The van der Waals surface area contributed by atoms with E-state index >= 15 is 0 Å². The molecule has 1 aromatic rings. The van der Waals surface area contributed by atoms with Crippen LogP contribution in [0.25, 0.3) is 0 Å². The second kappa shape index (κ2) is 4.98. The molecular formula is C15H20O5. The van der Waals surface area contributed by atoms with E-state index in [1.54, 1.807) is 6.07 Å². The molecule has 2 unspecified atom stereocenters. The van der Waals surface area contributed by atoms with Crippen LogP contribution >= 0.6 is 0 Å². The van der Waals surface area contributed by atoms with Crippen LogP contribution in [0, 0.1) is 5.41 Å². The average Bonchev–Trinajstić information content (AvgIpc) is 2.74. The quantitative estimate of drug-likeness (QED) is 0.884.